The number of nitrogens with zero attached hydrogens (tertiary/aromatic N) is 1. The van der Waals surface area contributed by atoms with Gasteiger partial charge in [0, 0.05) is 11.4 Å². The molecule has 5 heteroatoms. The second kappa shape index (κ2) is 6.92. The first-order valence-corrected chi connectivity index (χ1v) is 8.06. The summed E-state index contributed by atoms with van der Waals surface area (Å²) in [6.45, 7) is 6.58. The van der Waals surface area contributed by atoms with Crippen molar-refractivity contribution >= 4 is 17.2 Å². The molecule has 3 nitrogen and oxygen atoms in total. The van der Waals surface area contributed by atoms with Gasteiger partial charge in [0.2, 0.25) is 0 Å². The van der Waals surface area contributed by atoms with Gasteiger partial charge >= 0.3 is 0 Å². The minimum absolute atomic E-state index is 0.0901. The molecular formula is C17H20FNO2S. The summed E-state index contributed by atoms with van der Waals surface area (Å²) in [7, 11) is 0. The summed E-state index contributed by atoms with van der Waals surface area (Å²) in [6.07, 6.45) is 0. The topological polar surface area (TPSA) is 29.5 Å². The van der Waals surface area contributed by atoms with E-state index in [0.717, 1.165) is 4.88 Å². The maximum absolute atomic E-state index is 12.9. The number of carbonyl (C=O) groups is 1. The van der Waals surface area contributed by atoms with Crippen molar-refractivity contribution in [3.8, 4) is 5.75 Å². The number of hydrogen-bond acceptors (Lipinski definition) is 3. The molecule has 0 N–H and O–H groups in total. The average molecular weight is 321 g/mol. The van der Waals surface area contributed by atoms with E-state index >= 15 is 0 Å². The molecule has 22 heavy (non-hydrogen) atoms. The molecule has 0 aliphatic heterocycles. The van der Waals surface area contributed by atoms with Gasteiger partial charge in [-0.25, -0.2) is 4.39 Å². The van der Waals surface area contributed by atoms with Gasteiger partial charge in [-0.15, -0.1) is 11.3 Å². The molecule has 0 bridgehead atoms. The van der Waals surface area contributed by atoms with E-state index in [1.54, 1.807) is 30.1 Å². The van der Waals surface area contributed by atoms with E-state index < -0.39 is 5.60 Å². The number of thiophene rings is 1. The Bertz CT molecular complexity index is 608. The van der Waals surface area contributed by atoms with E-state index in [9.17, 15) is 9.18 Å². The molecule has 0 aliphatic rings. The van der Waals surface area contributed by atoms with E-state index in [4.69, 9.17) is 4.74 Å². The summed E-state index contributed by atoms with van der Waals surface area (Å²) in [4.78, 5) is 15.6. The van der Waals surface area contributed by atoms with E-state index in [-0.39, 0.29) is 11.7 Å². The van der Waals surface area contributed by atoms with Crippen LogP contribution in [0.3, 0.4) is 0 Å². The molecule has 118 valence electrons. The fraction of sp³-hybridized carbons (Fsp3) is 0.353. The average Bonchev–Trinajstić information content (AvgIpc) is 2.99. The molecule has 2 rings (SSSR count). The van der Waals surface area contributed by atoms with E-state index in [1.165, 1.54) is 24.3 Å². The van der Waals surface area contributed by atoms with Crippen LogP contribution in [0.15, 0.2) is 41.8 Å². The Morgan fingerprint density at radius 2 is 1.95 bits per heavy atom. The molecule has 0 saturated carbocycles. The van der Waals surface area contributed by atoms with Crippen LogP contribution in [0.5, 0.6) is 5.75 Å². The lowest BCUT2D eigenvalue weighted by Crippen LogP contribution is -2.48. The van der Waals surface area contributed by atoms with E-state index in [1.807, 2.05) is 24.4 Å². The Morgan fingerprint density at radius 3 is 2.50 bits per heavy atom. The van der Waals surface area contributed by atoms with Crippen molar-refractivity contribution in [2.24, 2.45) is 0 Å². The van der Waals surface area contributed by atoms with Crippen molar-refractivity contribution in [2.75, 3.05) is 6.54 Å². The summed E-state index contributed by atoms with van der Waals surface area (Å²) in [5, 5.41) is 1.99. The first-order valence-electron chi connectivity index (χ1n) is 7.18. The smallest absolute Gasteiger partial charge is 0.266 e. The maximum atomic E-state index is 12.9. The summed E-state index contributed by atoms with van der Waals surface area (Å²) < 4.78 is 18.7. The van der Waals surface area contributed by atoms with Crippen molar-refractivity contribution in [1.29, 1.82) is 0 Å². The normalized spacial score (nSPS) is 11.3. The molecule has 0 saturated heterocycles. The number of ether oxygens (including phenoxy) is 1. The molecule has 1 heterocycles. The molecule has 0 unspecified atom stereocenters. The van der Waals surface area contributed by atoms with Crippen LogP contribution in [-0.2, 0) is 11.3 Å². The highest BCUT2D eigenvalue weighted by atomic mass is 32.1. The van der Waals surface area contributed by atoms with Gasteiger partial charge in [0.1, 0.15) is 11.6 Å². The van der Waals surface area contributed by atoms with Gasteiger partial charge in [-0.05, 0) is 56.5 Å². The minimum Gasteiger partial charge on any atom is -0.478 e. The molecule has 1 aromatic carbocycles. The Morgan fingerprint density at radius 1 is 1.27 bits per heavy atom. The second-order valence-electron chi connectivity index (χ2n) is 5.46. The molecule has 2 aromatic rings. The Kier molecular flexibility index (Phi) is 5.19. The lowest BCUT2D eigenvalue weighted by molar-refractivity contribution is -0.145. The lowest BCUT2D eigenvalue weighted by atomic mass is 10.1. The first kappa shape index (κ1) is 16.5. The van der Waals surface area contributed by atoms with Gasteiger partial charge in [0.15, 0.2) is 5.60 Å². The number of rotatable bonds is 6. The van der Waals surface area contributed by atoms with Gasteiger partial charge in [-0.1, -0.05) is 6.07 Å². The predicted octanol–water partition coefficient (Wildman–Crippen LogP) is 4.09. The van der Waals surface area contributed by atoms with Crippen LogP contribution in [0.25, 0.3) is 0 Å². The van der Waals surface area contributed by atoms with Crippen LogP contribution in [0.1, 0.15) is 25.6 Å². The summed E-state index contributed by atoms with van der Waals surface area (Å²) in [5.74, 6) is 0.0593. The van der Waals surface area contributed by atoms with Crippen LogP contribution in [-0.4, -0.2) is 23.0 Å². The van der Waals surface area contributed by atoms with Crippen molar-refractivity contribution < 1.29 is 13.9 Å². The third kappa shape index (κ3) is 4.07. The number of carbonyl (C=O) groups excluding carboxylic acids is 1. The summed E-state index contributed by atoms with van der Waals surface area (Å²) in [5.41, 5.74) is -1.01. The monoisotopic (exact) mass is 321 g/mol. The van der Waals surface area contributed by atoms with Crippen molar-refractivity contribution in [2.45, 2.75) is 32.9 Å². The van der Waals surface area contributed by atoms with Gasteiger partial charge < -0.3 is 9.64 Å². The Balaban J connectivity index is 2.08. The molecule has 1 amide bonds. The number of amides is 1. The van der Waals surface area contributed by atoms with Crippen LogP contribution < -0.4 is 4.74 Å². The third-order valence-corrected chi connectivity index (χ3v) is 4.16. The SMILES string of the molecule is CCN(Cc1cccs1)C(=O)C(C)(C)Oc1ccc(F)cc1. The summed E-state index contributed by atoms with van der Waals surface area (Å²) >= 11 is 1.62. The number of likely N-dealkylation sites (N-methyl/N-ethyl adjacent to an activating group) is 1. The van der Waals surface area contributed by atoms with E-state index in [2.05, 4.69) is 0 Å². The van der Waals surface area contributed by atoms with Gasteiger partial charge in [-0.3, -0.25) is 4.79 Å². The first-order chi connectivity index (χ1) is 10.4. The van der Waals surface area contributed by atoms with Crippen LogP contribution >= 0.6 is 11.3 Å². The highest BCUT2D eigenvalue weighted by molar-refractivity contribution is 7.09. The van der Waals surface area contributed by atoms with Gasteiger partial charge in [0.25, 0.3) is 5.91 Å². The number of benzene rings is 1. The Labute approximate surface area is 134 Å². The van der Waals surface area contributed by atoms with Gasteiger partial charge in [-0.2, -0.15) is 0 Å². The molecule has 0 radical (unpaired) electrons. The zero-order valence-electron chi connectivity index (χ0n) is 13.0. The Hall–Kier alpha value is -1.88. The maximum Gasteiger partial charge on any atom is 0.266 e. The van der Waals surface area contributed by atoms with Crippen LogP contribution in [0.2, 0.25) is 0 Å². The lowest BCUT2D eigenvalue weighted by Gasteiger charge is -2.31. The highest BCUT2D eigenvalue weighted by Crippen LogP contribution is 2.22. The minimum atomic E-state index is -1.01. The largest absolute Gasteiger partial charge is 0.478 e. The fourth-order valence-electron chi connectivity index (χ4n) is 2.14. The zero-order chi connectivity index (χ0) is 16.2. The molecule has 0 atom stereocenters. The standard InChI is InChI=1S/C17H20FNO2S/c1-4-19(12-15-6-5-11-22-15)16(20)17(2,3)21-14-9-7-13(18)8-10-14/h5-11H,4,12H2,1-3H3. The highest BCUT2D eigenvalue weighted by Gasteiger charge is 2.33. The molecule has 1 aromatic heterocycles. The zero-order valence-corrected chi connectivity index (χ0v) is 13.8. The number of halogens is 1. The van der Waals surface area contributed by atoms with Crippen LogP contribution in [0.4, 0.5) is 4.39 Å². The van der Waals surface area contributed by atoms with E-state index in [0.29, 0.717) is 18.8 Å². The quantitative estimate of drug-likeness (QED) is 0.802. The fourth-order valence-corrected chi connectivity index (χ4v) is 2.86. The molecule has 0 spiro atoms. The number of hydrogen-bond donors (Lipinski definition) is 0. The van der Waals surface area contributed by atoms with Crippen molar-refractivity contribution in [1.82, 2.24) is 4.90 Å². The predicted molar refractivity (Wildman–Crippen MR) is 86.5 cm³/mol. The van der Waals surface area contributed by atoms with Crippen LogP contribution in [0, 0.1) is 5.82 Å². The van der Waals surface area contributed by atoms with Crippen molar-refractivity contribution in [3.63, 3.8) is 0 Å². The van der Waals surface area contributed by atoms with Crippen molar-refractivity contribution in [3.05, 3.63) is 52.5 Å². The van der Waals surface area contributed by atoms with Gasteiger partial charge in [0.05, 0.1) is 6.54 Å². The molecular weight excluding hydrogens is 301 g/mol. The third-order valence-electron chi connectivity index (χ3n) is 3.30. The molecule has 0 aliphatic carbocycles. The second-order valence-corrected chi connectivity index (χ2v) is 6.50. The molecule has 0 fully saturated rings. The summed E-state index contributed by atoms with van der Waals surface area (Å²) in [6, 6.07) is 9.67.